The number of carbonyl (C=O) groups excluding carboxylic acids is 2. The lowest BCUT2D eigenvalue weighted by molar-refractivity contribution is -0.333. The topological polar surface area (TPSA) is 43.4 Å². The van der Waals surface area contributed by atoms with Crippen LogP contribution >= 0.6 is 11.3 Å². The fourth-order valence-electron chi connectivity index (χ4n) is 1.81. The minimum atomic E-state index is -5.94. The number of alkyl halides is 6. The van der Waals surface area contributed by atoms with E-state index in [9.17, 15) is 35.9 Å². The van der Waals surface area contributed by atoms with Crippen LogP contribution in [-0.4, -0.2) is 31.2 Å². The number of thiophene rings is 1. The molecule has 10 heteroatoms. The van der Waals surface area contributed by atoms with E-state index in [2.05, 4.69) is 4.74 Å². The summed E-state index contributed by atoms with van der Waals surface area (Å²) in [5.74, 6) is -3.39. The van der Waals surface area contributed by atoms with Gasteiger partial charge in [0, 0.05) is 6.42 Å². The molecule has 0 saturated carbocycles. The van der Waals surface area contributed by atoms with Crippen LogP contribution in [0.4, 0.5) is 26.3 Å². The van der Waals surface area contributed by atoms with E-state index < -0.39 is 42.4 Å². The Balaban J connectivity index is 3.16. The molecule has 0 aliphatic rings. The molecule has 1 rings (SSSR count). The summed E-state index contributed by atoms with van der Waals surface area (Å²) in [6.45, 7) is 0. The maximum atomic E-state index is 13.0. The molecule has 0 aromatic carbocycles. The Morgan fingerprint density at radius 3 is 2.05 bits per heavy atom. The van der Waals surface area contributed by atoms with Crippen molar-refractivity contribution in [2.24, 2.45) is 5.41 Å². The molecule has 1 aromatic heterocycles. The third-order valence-electron chi connectivity index (χ3n) is 3.02. The Kier molecular flexibility index (Phi) is 5.26. The van der Waals surface area contributed by atoms with Gasteiger partial charge in [0.1, 0.15) is 0 Å². The van der Waals surface area contributed by atoms with Crippen molar-refractivity contribution in [2.75, 3.05) is 7.11 Å². The zero-order valence-electron chi connectivity index (χ0n) is 11.0. The van der Waals surface area contributed by atoms with Gasteiger partial charge in [-0.2, -0.15) is 26.3 Å². The molecule has 0 bridgehead atoms. The largest absolute Gasteiger partial charge is 0.468 e. The summed E-state index contributed by atoms with van der Waals surface area (Å²) in [6.07, 6.45) is -14.7. The highest BCUT2D eigenvalue weighted by Crippen LogP contribution is 2.54. The van der Waals surface area contributed by atoms with Crippen molar-refractivity contribution in [2.45, 2.75) is 25.2 Å². The lowest BCUT2D eigenvalue weighted by Crippen LogP contribution is -2.56. The van der Waals surface area contributed by atoms with Crippen LogP contribution in [0.2, 0.25) is 0 Å². The van der Waals surface area contributed by atoms with Gasteiger partial charge in [0.15, 0.2) is 5.78 Å². The number of ketones is 1. The van der Waals surface area contributed by atoms with Gasteiger partial charge >= 0.3 is 18.3 Å². The standard InChI is InChI=1S/C12H10F6O3S/c1-21-9(20)10(11(13,14)15,12(16,17)18)5-4-7(19)8-3-2-6-22-8/h2-3,6H,4-5H2,1H3. The molecule has 3 nitrogen and oxygen atoms in total. The molecule has 0 N–H and O–H groups in total. The van der Waals surface area contributed by atoms with Crippen molar-refractivity contribution < 1.29 is 40.7 Å². The van der Waals surface area contributed by atoms with Gasteiger partial charge in [0.05, 0.1) is 12.0 Å². The summed E-state index contributed by atoms with van der Waals surface area (Å²) < 4.78 is 81.5. The highest BCUT2D eigenvalue weighted by Gasteiger charge is 2.76. The molecule has 0 aliphatic carbocycles. The molecule has 0 radical (unpaired) electrons. The molecule has 22 heavy (non-hydrogen) atoms. The first kappa shape index (κ1) is 18.5. The van der Waals surface area contributed by atoms with Gasteiger partial charge in [-0.3, -0.25) is 9.59 Å². The average molecular weight is 348 g/mol. The highest BCUT2D eigenvalue weighted by atomic mass is 32.1. The highest BCUT2D eigenvalue weighted by molar-refractivity contribution is 7.12. The van der Waals surface area contributed by atoms with Crippen molar-refractivity contribution in [3.8, 4) is 0 Å². The third kappa shape index (κ3) is 3.26. The summed E-state index contributed by atoms with van der Waals surface area (Å²) in [6, 6.07) is 2.70. The van der Waals surface area contributed by atoms with Crippen LogP contribution in [0.25, 0.3) is 0 Å². The smallest absolute Gasteiger partial charge is 0.413 e. The van der Waals surface area contributed by atoms with Gasteiger partial charge in [0.2, 0.25) is 0 Å². The van der Waals surface area contributed by atoms with E-state index in [0.29, 0.717) is 7.11 Å². The van der Waals surface area contributed by atoms with Crippen LogP contribution in [0.15, 0.2) is 17.5 Å². The number of halogens is 6. The van der Waals surface area contributed by atoms with E-state index >= 15 is 0 Å². The fraction of sp³-hybridized carbons (Fsp3) is 0.500. The Morgan fingerprint density at radius 1 is 1.14 bits per heavy atom. The normalized spacial score (nSPS) is 13.0. The Bertz CT molecular complexity index is 518. The molecule has 0 aliphatic heterocycles. The van der Waals surface area contributed by atoms with Crippen molar-refractivity contribution in [1.82, 2.24) is 0 Å². The van der Waals surface area contributed by atoms with Crippen molar-refractivity contribution in [1.29, 1.82) is 0 Å². The maximum Gasteiger partial charge on any atom is 0.413 e. The molecular weight excluding hydrogens is 338 g/mol. The number of esters is 1. The Labute approximate surface area is 124 Å². The van der Waals surface area contributed by atoms with E-state index in [-0.39, 0.29) is 4.88 Å². The predicted molar refractivity (Wildman–Crippen MR) is 64.4 cm³/mol. The number of hydrogen-bond acceptors (Lipinski definition) is 4. The number of hydrogen-bond donors (Lipinski definition) is 0. The molecule has 0 saturated heterocycles. The van der Waals surface area contributed by atoms with E-state index in [1.807, 2.05) is 0 Å². The zero-order valence-corrected chi connectivity index (χ0v) is 11.9. The number of rotatable bonds is 5. The molecule has 0 amide bonds. The minimum absolute atomic E-state index is 0.0168. The second kappa shape index (κ2) is 6.27. The maximum absolute atomic E-state index is 13.0. The van der Waals surface area contributed by atoms with Crippen molar-refractivity contribution in [3.05, 3.63) is 22.4 Å². The number of ether oxygens (including phenoxy) is 1. The fourth-order valence-corrected chi connectivity index (χ4v) is 2.51. The SMILES string of the molecule is COC(=O)C(CCC(=O)c1cccs1)(C(F)(F)F)C(F)(F)F. The van der Waals surface area contributed by atoms with Crippen LogP contribution in [0, 0.1) is 5.41 Å². The summed E-state index contributed by atoms with van der Waals surface area (Å²) >= 11 is 0.883. The van der Waals surface area contributed by atoms with Gasteiger partial charge in [-0.1, -0.05) is 6.07 Å². The van der Waals surface area contributed by atoms with Gasteiger partial charge in [-0.25, -0.2) is 0 Å². The number of carbonyl (C=O) groups is 2. The van der Waals surface area contributed by atoms with E-state index in [0.717, 1.165) is 11.3 Å². The summed E-state index contributed by atoms with van der Waals surface area (Å²) in [4.78, 5) is 22.9. The van der Waals surface area contributed by atoms with Crippen LogP contribution < -0.4 is 0 Å². The lowest BCUT2D eigenvalue weighted by Gasteiger charge is -2.34. The molecule has 0 unspecified atom stereocenters. The van der Waals surface area contributed by atoms with Crippen LogP contribution in [-0.2, 0) is 9.53 Å². The van der Waals surface area contributed by atoms with Gasteiger partial charge in [-0.05, 0) is 17.9 Å². The second-order valence-corrected chi connectivity index (χ2v) is 5.24. The Hall–Kier alpha value is -1.58. The summed E-state index contributed by atoms with van der Waals surface area (Å²) in [7, 11) is 0.426. The van der Waals surface area contributed by atoms with Crippen LogP contribution in [0.3, 0.4) is 0 Å². The molecule has 1 aromatic rings. The molecule has 0 spiro atoms. The molecule has 1 heterocycles. The second-order valence-electron chi connectivity index (χ2n) is 4.29. The number of Topliss-reactive ketones (excluding diaryl/α,β-unsaturated/α-hetero) is 1. The van der Waals surface area contributed by atoms with Gasteiger partial charge in [0.25, 0.3) is 5.41 Å². The van der Waals surface area contributed by atoms with Crippen LogP contribution in [0.5, 0.6) is 0 Å². The lowest BCUT2D eigenvalue weighted by atomic mass is 9.80. The van der Waals surface area contributed by atoms with Crippen molar-refractivity contribution in [3.63, 3.8) is 0 Å². The van der Waals surface area contributed by atoms with Crippen molar-refractivity contribution >= 4 is 23.1 Å². The van der Waals surface area contributed by atoms with E-state index in [1.54, 1.807) is 0 Å². The minimum Gasteiger partial charge on any atom is -0.468 e. The first-order valence-corrected chi connectivity index (χ1v) is 6.64. The summed E-state index contributed by atoms with van der Waals surface area (Å²) in [5.41, 5.74) is -4.72. The first-order chi connectivity index (χ1) is 9.97. The third-order valence-corrected chi connectivity index (χ3v) is 3.94. The first-order valence-electron chi connectivity index (χ1n) is 5.76. The van der Waals surface area contributed by atoms with Crippen LogP contribution in [0.1, 0.15) is 22.5 Å². The number of methoxy groups -OCH3 is 1. The molecule has 0 fully saturated rings. The Morgan fingerprint density at radius 2 is 1.68 bits per heavy atom. The van der Waals surface area contributed by atoms with Gasteiger partial charge in [-0.15, -0.1) is 11.3 Å². The molecule has 0 atom stereocenters. The predicted octanol–water partition coefficient (Wildman–Crippen LogP) is 4.00. The van der Waals surface area contributed by atoms with E-state index in [4.69, 9.17) is 0 Å². The monoisotopic (exact) mass is 348 g/mol. The zero-order chi connectivity index (χ0) is 17.2. The van der Waals surface area contributed by atoms with Gasteiger partial charge < -0.3 is 4.74 Å². The van der Waals surface area contributed by atoms with E-state index in [1.165, 1.54) is 17.5 Å². The quantitative estimate of drug-likeness (QED) is 0.459. The summed E-state index contributed by atoms with van der Waals surface area (Å²) in [5, 5.41) is 1.45. The molecule has 124 valence electrons. The molecular formula is C12H10F6O3S. The average Bonchev–Trinajstić information content (AvgIpc) is 2.89.